The number of phenols is 1. The molecule has 0 aromatic heterocycles. The fourth-order valence-electron chi connectivity index (χ4n) is 2.05. The molecule has 0 saturated heterocycles. The molecule has 0 aliphatic rings. The predicted molar refractivity (Wildman–Crippen MR) is 93.1 cm³/mol. The van der Waals surface area contributed by atoms with Gasteiger partial charge in [-0.05, 0) is 73.2 Å². The third-order valence-corrected chi connectivity index (χ3v) is 3.35. The van der Waals surface area contributed by atoms with Gasteiger partial charge in [0.25, 0.3) is 0 Å². The molecule has 3 heteroatoms. The third-order valence-electron chi connectivity index (χ3n) is 3.35. The van der Waals surface area contributed by atoms with E-state index in [1.165, 1.54) is 5.56 Å². The van der Waals surface area contributed by atoms with Gasteiger partial charge in [0, 0.05) is 6.21 Å². The smallest absolute Gasteiger partial charge is 0.127 e. The van der Waals surface area contributed by atoms with Crippen molar-refractivity contribution in [3.05, 3.63) is 83.9 Å². The first-order valence-electron chi connectivity index (χ1n) is 7.37. The van der Waals surface area contributed by atoms with E-state index in [0.717, 1.165) is 22.7 Å². The van der Waals surface area contributed by atoms with Crippen molar-refractivity contribution < 1.29 is 9.84 Å². The Morgan fingerprint density at radius 2 is 1.35 bits per heavy atom. The highest BCUT2D eigenvalue weighted by molar-refractivity contribution is 5.82. The van der Waals surface area contributed by atoms with Crippen LogP contribution < -0.4 is 4.74 Å². The van der Waals surface area contributed by atoms with E-state index in [1.54, 1.807) is 18.3 Å². The lowest BCUT2D eigenvalue weighted by atomic mass is 10.2. The molecule has 0 bridgehead atoms. The number of aromatic hydroxyl groups is 1. The monoisotopic (exact) mass is 303 g/mol. The topological polar surface area (TPSA) is 41.8 Å². The fraction of sp³-hybridized carbons (Fsp3) is 0.0500. The molecule has 1 N–H and O–H groups in total. The Balaban J connectivity index is 1.67. The zero-order valence-electron chi connectivity index (χ0n) is 12.8. The average molecular weight is 303 g/mol. The SMILES string of the molecule is Cc1ccc(Oc2ccc(N=Cc3ccc(O)cc3)cc2)cc1. The lowest BCUT2D eigenvalue weighted by Crippen LogP contribution is -1.84. The number of aryl methyl sites for hydroxylation is 1. The lowest BCUT2D eigenvalue weighted by Gasteiger charge is -2.06. The molecule has 0 spiro atoms. The summed E-state index contributed by atoms with van der Waals surface area (Å²) in [7, 11) is 0. The first-order valence-corrected chi connectivity index (χ1v) is 7.37. The maximum absolute atomic E-state index is 9.25. The highest BCUT2D eigenvalue weighted by Crippen LogP contribution is 2.24. The second-order valence-corrected chi connectivity index (χ2v) is 5.26. The van der Waals surface area contributed by atoms with Crippen molar-refractivity contribution in [3.8, 4) is 17.2 Å². The number of aliphatic imine (C=N–C) groups is 1. The van der Waals surface area contributed by atoms with Gasteiger partial charge < -0.3 is 9.84 Å². The maximum atomic E-state index is 9.25. The number of ether oxygens (including phenoxy) is 1. The van der Waals surface area contributed by atoms with Crippen molar-refractivity contribution in [1.29, 1.82) is 0 Å². The second-order valence-electron chi connectivity index (χ2n) is 5.26. The molecule has 0 heterocycles. The van der Waals surface area contributed by atoms with Crippen molar-refractivity contribution in [3.63, 3.8) is 0 Å². The van der Waals surface area contributed by atoms with Crippen molar-refractivity contribution in [2.24, 2.45) is 4.99 Å². The van der Waals surface area contributed by atoms with E-state index in [-0.39, 0.29) is 5.75 Å². The van der Waals surface area contributed by atoms with Crippen molar-refractivity contribution >= 4 is 11.9 Å². The Kier molecular flexibility index (Phi) is 4.39. The molecule has 3 aromatic rings. The molecule has 0 saturated carbocycles. The minimum absolute atomic E-state index is 0.250. The van der Waals surface area contributed by atoms with E-state index in [4.69, 9.17) is 4.74 Å². The highest BCUT2D eigenvalue weighted by Gasteiger charge is 1.97. The molecule has 0 atom stereocenters. The Labute approximate surface area is 135 Å². The van der Waals surface area contributed by atoms with Gasteiger partial charge in [-0.15, -0.1) is 0 Å². The van der Waals surface area contributed by atoms with E-state index in [2.05, 4.69) is 4.99 Å². The highest BCUT2D eigenvalue weighted by atomic mass is 16.5. The summed E-state index contributed by atoms with van der Waals surface area (Å²) in [4.78, 5) is 4.40. The molecule has 3 rings (SSSR count). The number of nitrogens with zero attached hydrogens (tertiary/aromatic N) is 1. The van der Waals surface area contributed by atoms with Gasteiger partial charge in [0.1, 0.15) is 17.2 Å². The standard InChI is InChI=1S/C20H17NO2/c1-15-2-10-19(11-3-15)23-20-12-6-17(7-13-20)21-14-16-4-8-18(22)9-5-16/h2-14,22H,1H3. The number of phenolic OH excluding ortho intramolecular Hbond substituents is 1. The van der Waals surface area contributed by atoms with Gasteiger partial charge in [0.2, 0.25) is 0 Å². The van der Waals surface area contributed by atoms with Crippen LogP contribution in [0.3, 0.4) is 0 Å². The third kappa shape index (κ3) is 4.20. The van der Waals surface area contributed by atoms with Crippen molar-refractivity contribution in [2.45, 2.75) is 6.92 Å². The molecule has 23 heavy (non-hydrogen) atoms. The van der Waals surface area contributed by atoms with Crippen LogP contribution in [0.4, 0.5) is 5.69 Å². The zero-order valence-corrected chi connectivity index (χ0v) is 12.8. The molecular formula is C20H17NO2. The van der Waals surface area contributed by atoms with Gasteiger partial charge in [-0.2, -0.15) is 0 Å². The van der Waals surface area contributed by atoms with Crippen LogP contribution in [-0.4, -0.2) is 11.3 Å². The van der Waals surface area contributed by atoms with Gasteiger partial charge in [-0.1, -0.05) is 17.7 Å². The normalized spacial score (nSPS) is 10.8. The van der Waals surface area contributed by atoms with E-state index in [9.17, 15) is 5.11 Å². The molecule has 3 nitrogen and oxygen atoms in total. The molecule has 0 aliphatic carbocycles. The summed E-state index contributed by atoms with van der Waals surface area (Å²) < 4.78 is 5.78. The van der Waals surface area contributed by atoms with Gasteiger partial charge in [0.05, 0.1) is 5.69 Å². The quantitative estimate of drug-likeness (QED) is 0.669. The number of hydrogen-bond acceptors (Lipinski definition) is 3. The number of rotatable bonds is 4. The van der Waals surface area contributed by atoms with Crippen LogP contribution in [0.25, 0.3) is 0 Å². The minimum Gasteiger partial charge on any atom is -0.508 e. The molecule has 3 aromatic carbocycles. The van der Waals surface area contributed by atoms with Crippen LogP contribution in [-0.2, 0) is 0 Å². The summed E-state index contributed by atoms with van der Waals surface area (Å²) >= 11 is 0. The van der Waals surface area contributed by atoms with Gasteiger partial charge in [0.15, 0.2) is 0 Å². The second kappa shape index (κ2) is 6.79. The zero-order chi connectivity index (χ0) is 16.1. The summed E-state index contributed by atoms with van der Waals surface area (Å²) in [5.74, 6) is 1.84. The summed E-state index contributed by atoms with van der Waals surface area (Å²) in [6.07, 6.45) is 1.76. The van der Waals surface area contributed by atoms with Crippen molar-refractivity contribution in [1.82, 2.24) is 0 Å². The van der Waals surface area contributed by atoms with E-state index in [0.29, 0.717) is 0 Å². The van der Waals surface area contributed by atoms with Crippen molar-refractivity contribution in [2.75, 3.05) is 0 Å². The van der Waals surface area contributed by atoms with Crippen LogP contribution in [0.5, 0.6) is 17.2 Å². The Hall–Kier alpha value is -3.07. The fourth-order valence-corrected chi connectivity index (χ4v) is 2.05. The lowest BCUT2D eigenvalue weighted by molar-refractivity contribution is 0.475. The maximum Gasteiger partial charge on any atom is 0.127 e. The van der Waals surface area contributed by atoms with E-state index >= 15 is 0 Å². The minimum atomic E-state index is 0.250. The Morgan fingerprint density at radius 1 is 0.783 bits per heavy atom. The van der Waals surface area contributed by atoms with E-state index in [1.807, 2.05) is 67.6 Å². The molecular weight excluding hydrogens is 286 g/mol. The number of benzene rings is 3. The molecule has 114 valence electrons. The van der Waals surface area contributed by atoms with Gasteiger partial charge >= 0.3 is 0 Å². The molecule has 0 fully saturated rings. The van der Waals surface area contributed by atoms with Crippen LogP contribution in [0, 0.1) is 6.92 Å². The summed E-state index contributed by atoms with van der Waals surface area (Å²) in [5.41, 5.74) is 2.98. The summed E-state index contributed by atoms with van der Waals surface area (Å²) in [5, 5.41) is 9.25. The van der Waals surface area contributed by atoms with Crippen LogP contribution >= 0.6 is 0 Å². The van der Waals surface area contributed by atoms with Gasteiger partial charge in [-0.25, -0.2) is 0 Å². The summed E-state index contributed by atoms with van der Waals surface area (Å²) in [6, 6.07) is 22.4. The van der Waals surface area contributed by atoms with Crippen LogP contribution in [0.1, 0.15) is 11.1 Å². The average Bonchev–Trinajstić information content (AvgIpc) is 2.58. The first kappa shape index (κ1) is 14.9. The van der Waals surface area contributed by atoms with Crippen LogP contribution in [0.2, 0.25) is 0 Å². The molecule has 0 amide bonds. The Morgan fingerprint density at radius 3 is 1.96 bits per heavy atom. The molecule has 0 unspecified atom stereocenters. The molecule has 0 radical (unpaired) electrons. The number of hydrogen-bond donors (Lipinski definition) is 1. The van der Waals surface area contributed by atoms with Crippen LogP contribution in [0.15, 0.2) is 77.8 Å². The van der Waals surface area contributed by atoms with Gasteiger partial charge in [-0.3, -0.25) is 4.99 Å². The molecule has 0 aliphatic heterocycles. The largest absolute Gasteiger partial charge is 0.508 e. The summed E-state index contributed by atoms with van der Waals surface area (Å²) in [6.45, 7) is 2.05. The van der Waals surface area contributed by atoms with E-state index < -0.39 is 0 Å². The first-order chi connectivity index (χ1) is 11.2. The predicted octanol–water partition coefficient (Wildman–Crippen LogP) is 5.24. The Bertz CT molecular complexity index is 789.